The molecular formula is C18H21N3O6S2. The van der Waals surface area contributed by atoms with Crippen LogP contribution in [0.3, 0.4) is 0 Å². The maximum Gasteiger partial charge on any atom is 0.283 e. The van der Waals surface area contributed by atoms with Crippen molar-refractivity contribution in [3.8, 4) is 5.75 Å². The van der Waals surface area contributed by atoms with E-state index in [4.69, 9.17) is 0 Å². The molecule has 0 aliphatic heterocycles. The van der Waals surface area contributed by atoms with Crippen LogP contribution in [0.15, 0.2) is 46.2 Å². The summed E-state index contributed by atoms with van der Waals surface area (Å²) in [5, 5.41) is 23.6. The van der Waals surface area contributed by atoms with Crippen LogP contribution in [0.25, 0.3) is 0 Å². The number of phenolic OH excluding ortho intramolecular Hbond substituents is 1. The van der Waals surface area contributed by atoms with Crippen LogP contribution in [-0.2, 0) is 10.0 Å². The van der Waals surface area contributed by atoms with Gasteiger partial charge in [0, 0.05) is 24.7 Å². The Morgan fingerprint density at radius 1 is 1.21 bits per heavy atom. The molecule has 0 fully saturated rings. The molecule has 1 amide bonds. The van der Waals surface area contributed by atoms with E-state index in [1.807, 2.05) is 0 Å². The van der Waals surface area contributed by atoms with Gasteiger partial charge in [-0.15, -0.1) is 11.8 Å². The minimum absolute atomic E-state index is 0.00547. The first-order chi connectivity index (χ1) is 13.6. The van der Waals surface area contributed by atoms with E-state index in [2.05, 4.69) is 5.32 Å². The number of rotatable bonds is 8. The first-order valence-corrected chi connectivity index (χ1v) is 11.3. The average Bonchev–Trinajstić information content (AvgIpc) is 2.69. The topological polar surface area (TPSA) is 130 Å². The molecule has 0 aliphatic rings. The quantitative estimate of drug-likeness (QED) is 0.279. The van der Waals surface area contributed by atoms with E-state index in [9.17, 15) is 28.4 Å². The van der Waals surface area contributed by atoms with Gasteiger partial charge in [0.05, 0.1) is 20.4 Å². The summed E-state index contributed by atoms with van der Waals surface area (Å²) in [4.78, 5) is 23.5. The number of nitrogens with one attached hydrogen (secondary N) is 1. The Kier molecular flexibility index (Phi) is 7.22. The van der Waals surface area contributed by atoms with Crippen LogP contribution >= 0.6 is 11.8 Å². The van der Waals surface area contributed by atoms with E-state index >= 15 is 0 Å². The molecule has 11 heteroatoms. The molecule has 2 rings (SSSR count). The SMILES string of the molecule is CCN(CC)S(=O)(=O)c1ccc(O)c(NC(=O)c2ccc(SC)c([N+](=O)[O-])c2)c1. The number of carbonyl (C=O) groups excluding carboxylic acids is 1. The van der Waals surface area contributed by atoms with Crippen molar-refractivity contribution in [1.29, 1.82) is 0 Å². The van der Waals surface area contributed by atoms with Gasteiger partial charge in [-0.05, 0) is 36.6 Å². The summed E-state index contributed by atoms with van der Waals surface area (Å²) in [5.41, 5.74) is -0.321. The highest BCUT2D eigenvalue weighted by atomic mass is 32.2. The minimum Gasteiger partial charge on any atom is -0.506 e. The lowest BCUT2D eigenvalue weighted by Gasteiger charge is -2.19. The van der Waals surface area contributed by atoms with Crippen LogP contribution in [0.2, 0.25) is 0 Å². The fraction of sp³-hybridized carbons (Fsp3) is 0.278. The third-order valence-corrected chi connectivity index (χ3v) is 7.03. The van der Waals surface area contributed by atoms with Crippen molar-refractivity contribution in [3.05, 3.63) is 52.1 Å². The molecule has 0 saturated carbocycles. The molecule has 29 heavy (non-hydrogen) atoms. The molecule has 0 radical (unpaired) electrons. The van der Waals surface area contributed by atoms with E-state index in [1.54, 1.807) is 20.1 Å². The van der Waals surface area contributed by atoms with Crippen molar-refractivity contribution in [1.82, 2.24) is 4.31 Å². The standard InChI is InChI=1S/C18H21N3O6S2/c1-4-20(5-2)29(26,27)13-7-8-16(22)14(11-13)19-18(23)12-6-9-17(28-3)15(10-12)21(24)25/h6-11,22H,4-5H2,1-3H3,(H,19,23). The molecule has 0 heterocycles. The summed E-state index contributed by atoms with van der Waals surface area (Å²) in [6, 6.07) is 7.59. The summed E-state index contributed by atoms with van der Waals surface area (Å²) < 4.78 is 26.6. The number of benzene rings is 2. The molecule has 0 saturated heterocycles. The Bertz CT molecular complexity index is 1040. The fourth-order valence-corrected chi connectivity index (χ4v) is 4.69. The lowest BCUT2D eigenvalue weighted by Crippen LogP contribution is -2.30. The van der Waals surface area contributed by atoms with Crippen molar-refractivity contribution in [3.63, 3.8) is 0 Å². The number of phenols is 1. The van der Waals surface area contributed by atoms with Gasteiger partial charge in [0.25, 0.3) is 11.6 Å². The minimum atomic E-state index is -3.79. The summed E-state index contributed by atoms with van der Waals surface area (Å²) in [7, 11) is -3.79. The Labute approximate surface area is 172 Å². The smallest absolute Gasteiger partial charge is 0.283 e. The van der Waals surface area contributed by atoms with Crippen molar-refractivity contribution < 1.29 is 23.2 Å². The summed E-state index contributed by atoms with van der Waals surface area (Å²) >= 11 is 1.18. The third-order valence-electron chi connectivity index (χ3n) is 4.20. The summed E-state index contributed by atoms with van der Waals surface area (Å²) in [6.45, 7) is 3.95. The van der Waals surface area contributed by atoms with Gasteiger partial charge in [-0.2, -0.15) is 4.31 Å². The Hall–Kier alpha value is -2.63. The van der Waals surface area contributed by atoms with Gasteiger partial charge in [0.15, 0.2) is 0 Å². The predicted molar refractivity (Wildman–Crippen MR) is 111 cm³/mol. The zero-order valence-electron chi connectivity index (χ0n) is 16.1. The molecule has 156 valence electrons. The van der Waals surface area contributed by atoms with Crippen molar-refractivity contribution in [2.75, 3.05) is 24.7 Å². The maximum atomic E-state index is 12.7. The molecule has 0 bridgehead atoms. The first kappa shape index (κ1) is 22.7. The van der Waals surface area contributed by atoms with E-state index in [-0.39, 0.29) is 40.7 Å². The van der Waals surface area contributed by atoms with E-state index in [1.165, 1.54) is 40.3 Å². The maximum absolute atomic E-state index is 12.7. The van der Waals surface area contributed by atoms with Gasteiger partial charge in [-0.3, -0.25) is 14.9 Å². The predicted octanol–water partition coefficient (Wildman–Crippen LogP) is 3.31. The normalized spacial score (nSPS) is 11.4. The van der Waals surface area contributed by atoms with Crippen LogP contribution in [0, 0.1) is 10.1 Å². The van der Waals surface area contributed by atoms with Gasteiger partial charge >= 0.3 is 0 Å². The number of thioether (sulfide) groups is 1. The van der Waals surface area contributed by atoms with Crippen LogP contribution in [0.5, 0.6) is 5.75 Å². The first-order valence-electron chi connectivity index (χ1n) is 8.62. The number of sulfonamides is 1. The van der Waals surface area contributed by atoms with Gasteiger partial charge in [0.1, 0.15) is 5.75 Å². The highest BCUT2D eigenvalue weighted by Crippen LogP contribution is 2.31. The Morgan fingerprint density at radius 3 is 2.41 bits per heavy atom. The largest absolute Gasteiger partial charge is 0.506 e. The molecular weight excluding hydrogens is 418 g/mol. The lowest BCUT2D eigenvalue weighted by molar-refractivity contribution is -0.387. The zero-order chi connectivity index (χ0) is 21.8. The number of nitrogens with zero attached hydrogens (tertiary/aromatic N) is 2. The monoisotopic (exact) mass is 439 g/mol. The van der Waals surface area contributed by atoms with Crippen molar-refractivity contribution in [2.45, 2.75) is 23.6 Å². The van der Waals surface area contributed by atoms with E-state index < -0.39 is 20.9 Å². The van der Waals surface area contributed by atoms with E-state index in [0.717, 1.165) is 12.1 Å². The van der Waals surface area contributed by atoms with Gasteiger partial charge in [-0.25, -0.2) is 8.42 Å². The molecule has 0 spiro atoms. The molecule has 9 nitrogen and oxygen atoms in total. The number of nitro benzene ring substituents is 1. The molecule has 0 unspecified atom stereocenters. The second-order valence-electron chi connectivity index (χ2n) is 5.87. The van der Waals surface area contributed by atoms with Gasteiger partial charge < -0.3 is 10.4 Å². The molecule has 0 aromatic heterocycles. The molecule has 2 aromatic rings. The number of amides is 1. The van der Waals surface area contributed by atoms with Crippen molar-refractivity contribution in [2.24, 2.45) is 0 Å². The summed E-state index contributed by atoms with van der Waals surface area (Å²) in [5.74, 6) is -1.04. The number of carbonyl (C=O) groups is 1. The Balaban J connectivity index is 2.39. The number of nitro groups is 1. The van der Waals surface area contributed by atoms with Crippen molar-refractivity contribution >= 4 is 39.1 Å². The fourth-order valence-electron chi connectivity index (χ4n) is 2.66. The molecule has 2 aromatic carbocycles. The summed E-state index contributed by atoms with van der Waals surface area (Å²) in [6.07, 6.45) is 1.68. The highest BCUT2D eigenvalue weighted by Gasteiger charge is 2.23. The third kappa shape index (κ3) is 4.86. The average molecular weight is 440 g/mol. The van der Waals surface area contributed by atoms with Crippen LogP contribution in [-0.4, -0.2) is 48.0 Å². The molecule has 2 N–H and O–H groups in total. The number of hydrogen-bond donors (Lipinski definition) is 2. The lowest BCUT2D eigenvalue weighted by atomic mass is 10.2. The highest BCUT2D eigenvalue weighted by molar-refractivity contribution is 7.98. The number of hydrogen-bond acceptors (Lipinski definition) is 7. The number of aromatic hydroxyl groups is 1. The van der Waals surface area contributed by atoms with Gasteiger partial charge in [0.2, 0.25) is 10.0 Å². The number of anilines is 1. The van der Waals surface area contributed by atoms with Crippen LogP contribution in [0.4, 0.5) is 11.4 Å². The van der Waals surface area contributed by atoms with Crippen LogP contribution in [0.1, 0.15) is 24.2 Å². The Morgan fingerprint density at radius 2 is 1.86 bits per heavy atom. The van der Waals surface area contributed by atoms with Gasteiger partial charge in [-0.1, -0.05) is 13.8 Å². The van der Waals surface area contributed by atoms with Crippen LogP contribution < -0.4 is 5.32 Å². The molecule has 0 aliphatic carbocycles. The zero-order valence-corrected chi connectivity index (χ0v) is 17.7. The second-order valence-corrected chi connectivity index (χ2v) is 8.65. The second kappa shape index (κ2) is 9.25. The molecule has 0 atom stereocenters. The van der Waals surface area contributed by atoms with E-state index in [0.29, 0.717) is 4.90 Å².